The maximum atomic E-state index is 13.1. The van der Waals surface area contributed by atoms with Crippen molar-refractivity contribution in [3.63, 3.8) is 0 Å². The summed E-state index contributed by atoms with van der Waals surface area (Å²) in [6.07, 6.45) is 4.37. The van der Waals surface area contributed by atoms with Gasteiger partial charge in [0.25, 0.3) is 5.91 Å². The molecular formula is C22H20ClN5O2. The summed E-state index contributed by atoms with van der Waals surface area (Å²) in [5.74, 6) is 0.601. The standard InChI is InChI=1S/C22H20ClN5O2/c1-2-13-27(15-20-25-26-21(30-20)18-6-3-4-7-19(18)23)22(29)16-8-10-17(11-9-16)28-14-5-12-24-28/h3-12,14H,2,13,15H2,1H3. The Morgan fingerprint density at radius 2 is 1.90 bits per heavy atom. The van der Waals surface area contributed by atoms with E-state index in [-0.39, 0.29) is 12.5 Å². The molecule has 30 heavy (non-hydrogen) atoms. The van der Waals surface area contributed by atoms with Gasteiger partial charge < -0.3 is 9.32 Å². The minimum Gasteiger partial charge on any atom is -0.419 e. The van der Waals surface area contributed by atoms with Crippen LogP contribution in [0, 0.1) is 0 Å². The molecule has 152 valence electrons. The Morgan fingerprint density at radius 3 is 2.60 bits per heavy atom. The molecule has 0 radical (unpaired) electrons. The van der Waals surface area contributed by atoms with Crippen LogP contribution in [0.3, 0.4) is 0 Å². The molecule has 1 amide bonds. The van der Waals surface area contributed by atoms with Gasteiger partial charge in [-0.05, 0) is 48.9 Å². The van der Waals surface area contributed by atoms with E-state index >= 15 is 0 Å². The predicted octanol–water partition coefficient (Wildman–Crippen LogP) is 4.63. The van der Waals surface area contributed by atoms with E-state index in [1.54, 1.807) is 34.0 Å². The van der Waals surface area contributed by atoms with Crippen LogP contribution in [0.4, 0.5) is 0 Å². The number of halogens is 1. The molecule has 0 saturated carbocycles. The van der Waals surface area contributed by atoms with E-state index in [4.69, 9.17) is 16.0 Å². The van der Waals surface area contributed by atoms with Crippen LogP contribution in [0.5, 0.6) is 0 Å². The van der Waals surface area contributed by atoms with Crippen molar-refractivity contribution in [1.29, 1.82) is 0 Å². The van der Waals surface area contributed by atoms with Crippen molar-refractivity contribution in [3.8, 4) is 17.1 Å². The number of amides is 1. The second-order valence-electron chi connectivity index (χ2n) is 6.71. The average Bonchev–Trinajstić information content (AvgIpc) is 3.46. The molecule has 4 rings (SSSR count). The summed E-state index contributed by atoms with van der Waals surface area (Å²) < 4.78 is 7.51. The zero-order chi connectivity index (χ0) is 20.9. The average molecular weight is 422 g/mol. The molecule has 4 aromatic rings. The number of hydrogen-bond acceptors (Lipinski definition) is 5. The van der Waals surface area contributed by atoms with E-state index in [0.717, 1.165) is 12.1 Å². The third-order valence-electron chi connectivity index (χ3n) is 4.56. The molecule has 0 unspecified atom stereocenters. The lowest BCUT2D eigenvalue weighted by molar-refractivity contribution is 0.0728. The van der Waals surface area contributed by atoms with Gasteiger partial charge in [0.2, 0.25) is 11.8 Å². The molecule has 2 heterocycles. The minimum absolute atomic E-state index is 0.0960. The van der Waals surface area contributed by atoms with E-state index < -0.39 is 0 Å². The Hall–Kier alpha value is -3.45. The van der Waals surface area contributed by atoms with Gasteiger partial charge in [-0.25, -0.2) is 4.68 Å². The number of nitrogens with zero attached hydrogens (tertiary/aromatic N) is 5. The highest BCUT2D eigenvalue weighted by molar-refractivity contribution is 6.33. The van der Waals surface area contributed by atoms with Crippen LogP contribution < -0.4 is 0 Å². The van der Waals surface area contributed by atoms with Crippen LogP contribution in [0.25, 0.3) is 17.1 Å². The van der Waals surface area contributed by atoms with Gasteiger partial charge in [0, 0.05) is 24.5 Å². The molecule has 0 fully saturated rings. The molecule has 0 spiro atoms. The normalized spacial score (nSPS) is 10.9. The Balaban J connectivity index is 1.51. The first-order valence-electron chi connectivity index (χ1n) is 9.62. The van der Waals surface area contributed by atoms with Gasteiger partial charge in [-0.3, -0.25) is 4.79 Å². The fourth-order valence-electron chi connectivity index (χ4n) is 3.11. The molecule has 0 aliphatic rings. The molecule has 7 nitrogen and oxygen atoms in total. The first-order valence-corrected chi connectivity index (χ1v) is 10.00. The van der Waals surface area contributed by atoms with Crippen molar-refractivity contribution in [2.45, 2.75) is 19.9 Å². The number of rotatable bonds is 7. The third kappa shape index (κ3) is 4.26. The lowest BCUT2D eigenvalue weighted by Crippen LogP contribution is -2.31. The molecule has 0 saturated heterocycles. The summed E-state index contributed by atoms with van der Waals surface area (Å²) in [5.41, 5.74) is 2.14. The van der Waals surface area contributed by atoms with E-state index in [1.807, 2.05) is 49.5 Å². The Bertz CT molecular complexity index is 1120. The molecular weight excluding hydrogens is 402 g/mol. The summed E-state index contributed by atoms with van der Waals surface area (Å²) in [5, 5.41) is 12.9. The summed E-state index contributed by atoms with van der Waals surface area (Å²) in [6.45, 7) is 2.82. The fourth-order valence-corrected chi connectivity index (χ4v) is 3.32. The Labute approximate surface area is 178 Å². The molecule has 0 atom stereocenters. The van der Waals surface area contributed by atoms with Crippen molar-refractivity contribution in [1.82, 2.24) is 24.9 Å². The fraction of sp³-hybridized carbons (Fsp3) is 0.182. The van der Waals surface area contributed by atoms with Crippen LogP contribution in [0.15, 0.2) is 71.4 Å². The molecule has 0 N–H and O–H groups in total. The number of carbonyl (C=O) groups excluding carboxylic acids is 1. The van der Waals surface area contributed by atoms with E-state index in [2.05, 4.69) is 15.3 Å². The van der Waals surface area contributed by atoms with Crippen LogP contribution in [0.1, 0.15) is 29.6 Å². The van der Waals surface area contributed by atoms with Crippen molar-refractivity contribution in [3.05, 3.63) is 83.5 Å². The zero-order valence-corrected chi connectivity index (χ0v) is 17.2. The number of hydrogen-bond donors (Lipinski definition) is 0. The predicted molar refractivity (Wildman–Crippen MR) is 113 cm³/mol. The van der Waals surface area contributed by atoms with E-state index in [1.165, 1.54) is 0 Å². The van der Waals surface area contributed by atoms with Crippen molar-refractivity contribution >= 4 is 17.5 Å². The first kappa shape index (κ1) is 19.8. The highest BCUT2D eigenvalue weighted by atomic mass is 35.5. The highest BCUT2D eigenvalue weighted by Gasteiger charge is 2.19. The maximum absolute atomic E-state index is 13.1. The summed E-state index contributed by atoms with van der Waals surface area (Å²) in [4.78, 5) is 14.8. The van der Waals surface area contributed by atoms with Gasteiger partial charge in [0.15, 0.2) is 0 Å². The lowest BCUT2D eigenvalue weighted by atomic mass is 10.1. The van der Waals surface area contributed by atoms with Gasteiger partial charge >= 0.3 is 0 Å². The van der Waals surface area contributed by atoms with Gasteiger partial charge in [0.05, 0.1) is 22.8 Å². The monoisotopic (exact) mass is 421 g/mol. The Morgan fingerprint density at radius 1 is 1.10 bits per heavy atom. The first-order chi connectivity index (χ1) is 14.7. The second kappa shape index (κ2) is 8.92. The lowest BCUT2D eigenvalue weighted by Gasteiger charge is -2.20. The van der Waals surface area contributed by atoms with Gasteiger partial charge in [-0.15, -0.1) is 10.2 Å². The second-order valence-corrected chi connectivity index (χ2v) is 7.11. The molecule has 0 aliphatic carbocycles. The molecule has 8 heteroatoms. The topological polar surface area (TPSA) is 77.0 Å². The van der Waals surface area contributed by atoms with Crippen LogP contribution >= 0.6 is 11.6 Å². The third-order valence-corrected chi connectivity index (χ3v) is 4.89. The number of carbonyl (C=O) groups is 1. The smallest absolute Gasteiger partial charge is 0.254 e. The van der Waals surface area contributed by atoms with E-state index in [9.17, 15) is 4.79 Å². The molecule has 0 aliphatic heterocycles. The van der Waals surface area contributed by atoms with Crippen molar-refractivity contribution in [2.24, 2.45) is 0 Å². The SMILES string of the molecule is CCCN(Cc1nnc(-c2ccccc2Cl)o1)C(=O)c1ccc(-n2cccn2)cc1. The van der Waals surface area contributed by atoms with Gasteiger partial charge in [-0.2, -0.15) is 5.10 Å². The van der Waals surface area contributed by atoms with Crippen molar-refractivity contribution < 1.29 is 9.21 Å². The van der Waals surface area contributed by atoms with Gasteiger partial charge in [0.1, 0.15) is 0 Å². The summed E-state index contributed by atoms with van der Waals surface area (Å²) in [6, 6.07) is 16.4. The number of aromatic nitrogens is 4. The van der Waals surface area contributed by atoms with Crippen LogP contribution in [-0.2, 0) is 6.54 Å². The molecule has 2 aromatic heterocycles. The quantitative estimate of drug-likeness (QED) is 0.435. The Kier molecular flexibility index (Phi) is 5.90. The van der Waals surface area contributed by atoms with Gasteiger partial charge in [-0.1, -0.05) is 30.7 Å². The highest BCUT2D eigenvalue weighted by Crippen LogP contribution is 2.26. The molecule has 2 aromatic carbocycles. The van der Waals surface area contributed by atoms with Crippen LogP contribution in [-0.4, -0.2) is 37.3 Å². The van der Waals surface area contributed by atoms with Crippen molar-refractivity contribution in [2.75, 3.05) is 6.54 Å². The zero-order valence-electron chi connectivity index (χ0n) is 16.4. The van der Waals surface area contributed by atoms with Crippen LogP contribution in [0.2, 0.25) is 5.02 Å². The molecule has 0 bridgehead atoms. The maximum Gasteiger partial charge on any atom is 0.254 e. The summed E-state index contributed by atoms with van der Waals surface area (Å²) in [7, 11) is 0. The summed E-state index contributed by atoms with van der Waals surface area (Å²) >= 11 is 6.21. The number of benzene rings is 2. The largest absolute Gasteiger partial charge is 0.419 e. The van der Waals surface area contributed by atoms with E-state index in [0.29, 0.717) is 34.5 Å². The minimum atomic E-state index is -0.0960.